The fraction of sp³-hybridized carbons (Fsp3) is 0.381. The third-order valence-corrected chi connectivity index (χ3v) is 4.38. The third kappa shape index (κ3) is 4.99. The lowest BCUT2D eigenvalue weighted by Gasteiger charge is -2.03. The molecule has 0 fully saturated rings. The van der Waals surface area contributed by atoms with E-state index >= 15 is 0 Å². The van der Waals surface area contributed by atoms with Crippen LogP contribution in [0.25, 0.3) is 22.8 Å². The van der Waals surface area contributed by atoms with Crippen molar-refractivity contribution in [3.05, 3.63) is 54.4 Å². The molecule has 130 valence electrons. The third-order valence-electron chi connectivity index (χ3n) is 4.38. The van der Waals surface area contributed by atoms with Crippen molar-refractivity contribution in [1.82, 2.24) is 15.1 Å². The molecule has 3 rings (SSSR count). The molecule has 2 aromatic heterocycles. The Morgan fingerprint density at radius 1 is 0.800 bits per heavy atom. The van der Waals surface area contributed by atoms with Gasteiger partial charge in [0.25, 0.3) is 5.89 Å². The van der Waals surface area contributed by atoms with Crippen LogP contribution in [0.5, 0.6) is 0 Å². The Morgan fingerprint density at radius 2 is 1.52 bits per heavy atom. The van der Waals surface area contributed by atoms with E-state index in [2.05, 4.69) is 46.3 Å². The summed E-state index contributed by atoms with van der Waals surface area (Å²) in [7, 11) is 0. The molecule has 1 aromatic carbocycles. The number of rotatable bonds is 9. The van der Waals surface area contributed by atoms with Crippen LogP contribution in [0, 0.1) is 0 Å². The van der Waals surface area contributed by atoms with Gasteiger partial charge in [-0.15, -0.1) is 0 Å². The van der Waals surface area contributed by atoms with Crippen LogP contribution in [-0.4, -0.2) is 15.1 Å². The van der Waals surface area contributed by atoms with E-state index < -0.39 is 0 Å². The molecule has 4 heteroatoms. The van der Waals surface area contributed by atoms with Crippen LogP contribution in [-0.2, 0) is 6.42 Å². The van der Waals surface area contributed by atoms with Crippen molar-refractivity contribution in [2.45, 2.75) is 51.9 Å². The molecule has 3 aromatic rings. The summed E-state index contributed by atoms with van der Waals surface area (Å²) in [5, 5.41) is 4.06. The summed E-state index contributed by atoms with van der Waals surface area (Å²) in [6.07, 6.45) is 12.6. The second kappa shape index (κ2) is 9.11. The normalized spacial score (nSPS) is 10.9. The summed E-state index contributed by atoms with van der Waals surface area (Å²) < 4.78 is 5.40. The predicted octanol–water partition coefficient (Wildman–Crippen LogP) is 5.70. The molecule has 0 unspecified atom stereocenters. The molecule has 4 nitrogen and oxygen atoms in total. The van der Waals surface area contributed by atoms with Gasteiger partial charge in [0.05, 0.1) is 0 Å². The lowest BCUT2D eigenvalue weighted by Crippen LogP contribution is -1.87. The van der Waals surface area contributed by atoms with Gasteiger partial charge >= 0.3 is 0 Å². The minimum absolute atomic E-state index is 0.554. The maximum atomic E-state index is 5.40. The molecule has 25 heavy (non-hydrogen) atoms. The van der Waals surface area contributed by atoms with Crippen molar-refractivity contribution in [3.8, 4) is 22.8 Å². The first-order valence-corrected chi connectivity index (χ1v) is 9.20. The first kappa shape index (κ1) is 17.3. The largest absolute Gasteiger partial charge is 0.334 e. The van der Waals surface area contributed by atoms with Crippen LogP contribution < -0.4 is 0 Å². The van der Waals surface area contributed by atoms with Gasteiger partial charge in [0.15, 0.2) is 0 Å². The predicted molar refractivity (Wildman–Crippen MR) is 100 cm³/mol. The van der Waals surface area contributed by atoms with E-state index in [9.17, 15) is 0 Å². The van der Waals surface area contributed by atoms with Crippen molar-refractivity contribution in [1.29, 1.82) is 0 Å². The molecule has 2 heterocycles. The maximum absolute atomic E-state index is 5.40. The summed E-state index contributed by atoms with van der Waals surface area (Å²) in [6.45, 7) is 2.25. The number of benzene rings is 1. The van der Waals surface area contributed by atoms with Crippen LogP contribution >= 0.6 is 0 Å². The highest BCUT2D eigenvalue weighted by molar-refractivity contribution is 5.59. The van der Waals surface area contributed by atoms with E-state index in [-0.39, 0.29) is 0 Å². The van der Waals surface area contributed by atoms with E-state index in [0.29, 0.717) is 11.7 Å². The maximum Gasteiger partial charge on any atom is 0.258 e. The van der Waals surface area contributed by atoms with Gasteiger partial charge in [-0.2, -0.15) is 4.98 Å². The monoisotopic (exact) mass is 335 g/mol. The minimum atomic E-state index is 0.554. The topological polar surface area (TPSA) is 51.8 Å². The zero-order valence-electron chi connectivity index (χ0n) is 14.8. The smallest absolute Gasteiger partial charge is 0.258 e. The van der Waals surface area contributed by atoms with Crippen molar-refractivity contribution in [2.24, 2.45) is 0 Å². The second-order valence-corrected chi connectivity index (χ2v) is 6.37. The Morgan fingerprint density at radius 3 is 2.28 bits per heavy atom. The summed E-state index contributed by atoms with van der Waals surface area (Å²) in [5.41, 5.74) is 3.23. The molecule has 0 aliphatic rings. The highest BCUT2D eigenvalue weighted by Crippen LogP contribution is 2.22. The standard InChI is InChI=1S/C21H25N3O/c1-2-3-4-5-6-7-8-17-9-11-19(12-10-17)21-23-20(24-25-21)18-13-15-22-16-14-18/h9-16H,2-8H2,1H3. The number of unbranched alkanes of at least 4 members (excludes halogenated alkanes) is 5. The first-order chi connectivity index (χ1) is 12.4. The van der Waals surface area contributed by atoms with Gasteiger partial charge in [-0.25, -0.2) is 0 Å². The first-order valence-electron chi connectivity index (χ1n) is 9.20. The van der Waals surface area contributed by atoms with Crippen LogP contribution in [0.4, 0.5) is 0 Å². The molecule has 0 saturated heterocycles. The lowest BCUT2D eigenvalue weighted by molar-refractivity contribution is 0.432. The van der Waals surface area contributed by atoms with Gasteiger partial charge in [-0.1, -0.05) is 56.3 Å². The van der Waals surface area contributed by atoms with Gasteiger partial charge in [0.2, 0.25) is 5.82 Å². The molecule has 0 aliphatic carbocycles. The fourth-order valence-electron chi connectivity index (χ4n) is 2.88. The SMILES string of the molecule is CCCCCCCCc1ccc(-c2nc(-c3ccncc3)no2)cc1. The quantitative estimate of drug-likeness (QED) is 0.471. The number of pyridine rings is 1. The summed E-state index contributed by atoms with van der Waals surface area (Å²) >= 11 is 0. The Bertz CT molecular complexity index is 750. The highest BCUT2D eigenvalue weighted by atomic mass is 16.5. The van der Waals surface area contributed by atoms with Gasteiger partial charge in [0, 0.05) is 23.5 Å². The van der Waals surface area contributed by atoms with Crippen LogP contribution in [0.2, 0.25) is 0 Å². The van der Waals surface area contributed by atoms with Crippen molar-refractivity contribution < 1.29 is 4.52 Å². The molecule has 0 radical (unpaired) electrons. The molecule has 0 N–H and O–H groups in total. The zero-order chi connectivity index (χ0) is 17.3. The second-order valence-electron chi connectivity index (χ2n) is 6.37. The minimum Gasteiger partial charge on any atom is -0.334 e. The molecule has 0 bridgehead atoms. The Balaban J connectivity index is 1.55. The van der Waals surface area contributed by atoms with E-state index in [1.165, 1.54) is 44.1 Å². The fourth-order valence-corrected chi connectivity index (χ4v) is 2.88. The lowest BCUT2D eigenvalue weighted by atomic mass is 10.0. The van der Waals surface area contributed by atoms with Crippen molar-refractivity contribution in [2.75, 3.05) is 0 Å². The number of hydrogen-bond donors (Lipinski definition) is 0. The summed E-state index contributed by atoms with van der Waals surface area (Å²) in [6, 6.07) is 12.2. The molecule has 0 atom stereocenters. The van der Waals surface area contributed by atoms with Gasteiger partial charge in [-0.05, 0) is 42.7 Å². The zero-order valence-corrected chi connectivity index (χ0v) is 14.8. The molecule has 0 aliphatic heterocycles. The van der Waals surface area contributed by atoms with Crippen molar-refractivity contribution in [3.63, 3.8) is 0 Å². The van der Waals surface area contributed by atoms with Crippen LogP contribution in [0.15, 0.2) is 53.3 Å². The Labute approximate surface area is 149 Å². The van der Waals surface area contributed by atoms with Gasteiger partial charge in [0.1, 0.15) is 0 Å². The van der Waals surface area contributed by atoms with E-state index in [0.717, 1.165) is 17.5 Å². The van der Waals surface area contributed by atoms with Crippen LogP contribution in [0.1, 0.15) is 51.0 Å². The van der Waals surface area contributed by atoms with Gasteiger partial charge < -0.3 is 4.52 Å². The molecule has 0 spiro atoms. The molecule has 0 saturated carbocycles. The van der Waals surface area contributed by atoms with Crippen LogP contribution in [0.3, 0.4) is 0 Å². The average Bonchev–Trinajstić information content (AvgIpc) is 3.16. The molecular formula is C21H25N3O. The Kier molecular flexibility index (Phi) is 6.32. The highest BCUT2D eigenvalue weighted by Gasteiger charge is 2.10. The van der Waals surface area contributed by atoms with Crippen molar-refractivity contribution >= 4 is 0 Å². The van der Waals surface area contributed by atoms with Gasteiger partial charge in [-0.3, -0.25) is 4.98 Å². The summed E-state index contributed by atoms with van der Waals surface area (Å²) in [4.78, 5) is 8.48. The number of nitrogens with zero attached hydrogens (tertiary/aromatic N) is 3. The van der Waals surface area contributed by atoms with E-state index in [1.54, 1.807) is 12.4 Å². The Hall–Kier alpha value is -2.49. The number of hydrogen-bond acceptors (Lipinski definition) is 4. The molecule has 0 amide bonds. The average molecular weight is 335 g/mol. The summed E-state index contributed by atoms with van der Waals surface area (Å²) in [5.74, 6) is 1.14. The number of aryl methyl sites for hydroxylation is 1. The molecular weight excluding hydrogens is 310 g/mol. The van der Waals surface area contributed by atoms with E-state index in [4.69, 9.17) is 4.52 Å². The number of aromatic nitrogens is 3. The van der Waals surface area contributed by atoms with E-state index in [1.807, 2.05) is 12.1 Å².